The highest BCUT2D eigenvalue weighted by Gasteiger charge is 1.69. The van der Waals surface area contributed by atoms with E-state index in [1.807, 2.05) is 43.9 Å². The lowest BCUT2D eigenvalue weighted by Crippen LogP contribution is -1.99. The highest BCUT2D eigenvalue weighted by Crippen LogP contribution is 1.73. The number of rotatable bonds is 0. The molecule has 0 spiro atoms. The summed E-state index contributed by atoms with van der Waals surface area (Å²) in [5, 5.41) is 0. The molecule has 0 aliphatic rings. The third-order valence-corrected chi connectivity index (χ3v) is 0.637. The topological polar surface area (TPSA) is 21.1 Å². The van der Waals surface area contributed by atoms with Crippen molar-refractivity contribution in [2.45, 2.75) is 0 Å². The van der Waals surface area contributed by atoms with E-state index in [2.05, 4.69) is 4.98 Å². The Balaban J connectivity index is 0.000000180. The van der Waals surface area contributed by atoms with Crippen molar-refractivity contribution in [3.63, 3.8) is 0 Å². The van der Waals surface area contributed by atoms with Crippen molar-refractivity contribution in [3.05, 3.63) is 18.7 Å². The monoisotopic (exact) mass is 141 g/mol. The zero-order valence-electron chi connectivity index (χ0n) is 7.07. The van der Waals surface area contributed by atoms with E-state index in [-0.39, 0.29) is 0 Å². The summed E-state index contributed by atoms with van der Waals surface area (Å²) in [5.41, 5.74) is 0. The van der Waals surface area contributed by atoms with Crippen molar-refractivity contribution >= 4 is 0 Å². The number of hydrogen-bond acceptors (Lipinski definition) is 2. The number of imidazole rings is 1. The van der Waals surface area contributed by atoms with Crippen LogP contribution in [0.15, 0.2) is 18.7 Å². The average molecular weight is 141 g/mol. The lowest BCUT2D eigenvalue weighted by atomic mass is 10.9. The van der Waals surface area contributed by atoms with Gasteiger partial charge in [-0.15, -0.1) is 0 Å². The summed E-state index contributed by atoms with van der Waals surface area (Å²) >= 11 is 0. The average Bonchev–Trinajstić information content (AvgIpc) is 2.15. The molecule has 1 rings (SSSR count). The first kappa shape index (κ1) is 9.17. The Hall–Kier alpha value is -0.830. The first-order valence-electron chi connectivity index (χ1n) is 3.15. The number of aromatic nitrogens is 2. The first-order chi connectivity index (χ1) is 4.63. The summed E-state index contributed by atoms with van der Waals surface area (Å²) in [4.78, 5) is 5.78. The van der Waals surface area contributed by atoms with Crippen LogP contribution in [0, 0.1) is 0 Å². The van der Waals surface area contributed by atoms with E-state index in [1.165, 1.54) is 0 Å². The normalized spacial score (nSPS) is 8.90. The van der Waals surface area contributed by atoms with Crippen LogP contribution >= 0.6 is 0 Å². The van der Waals surface area contributed by atoms with Gasteiger partial charge in [0.1, 0.15) is 0 Å². The Morgan fingerprint density at radius 2 is 1.80 bits per heavy atom. The summed E-state index contributed by atoms with van der Waals surface area (Å²) < 4.78 is 1.89. The molecule has 0 atom stereocenters. The Morgan fingerprint density at radius 1 is 1.30 bits per heavy atom. The predicted molar refractivity (Wildman–Crippen MR) is 42.8 cm³/mol. The van der Waals surface area contributed by atoms with Crippen molar-refractivity contribution in [2.75, 3.05) is 21.1 Å². The fourth-order valence-electron chi connectivity index (χ4n) is 0.326. The van der Waals surface area contributed by atoms with Crippen LogP contribution < -0.4 is 0 Å². The Morgan fingerprint density at radius 3 is 1.90 bits per heavy atom. The molecular formula is C7H15N3. The van der Waals surface area contributed by atoms with Gasteiger partial charge < -0.3 is 9.47 Å². The zero-order chi connectivity index (χ0) is 7.98. The maximum absolute atomic E-state index is 3.78. The highest BCUT2D eigenvalue weighted by atomic mass is 15.0. The summed E-state index contributed by atoms with van der Waals surface area (Å²) in [6, 6.07) is 0. The van der Waals surface area contributed by atoms with E-state index in [0.29, 0.717) is 0 Å². The van der Waals surface area contributed by atoms with Gasteiger partial charge in [0.2, 0.25) is 0 Å². The van der Waals surface area contributed by atoms with Gasteiger partial charge in [-0.1, -0.05) is 0 Å². The van der Waals surface area contributed by atoms with Gasteiger partial charge in [0.25, 0.3) is 0 Å². The lowest BCUT2D eigenvalue weighted by molar-refractivity contribution is 0.505. The minimum atomic E-state index is 1.75. The van der Waals surface area contributed by atoms with Gasteiger partial charge in [-0.25, -0.2) is 4.98 Å². The van der Waals surface area contributed by atoms with E-state index in [9.17, 15) is 0 Å². The molecule has 10 heavy (non-hydrogen) atoms. The highest BCUT2D eigenvalue weighted by molar-refractivity contribution is 4.70. The van der Waals surface area contributed by atoms with Crippen molar-refractivity contribution in [3.8, 4) is 0 Å². The fourth-order valence-corrected chi connectivity index (χ4v) is 0.326. The van der Waals surface area contributed by atoms with Gasteiger partial charge in [0, 0.05) is 19.4 Å². The number of aryl methyl sites for hydroxylation is 1. The quantitative estimate of drug-likeness (QED) is 0.527. The van der Waals surface area contributed by atoms with Gasteiger partial charge in [-0.05, 0) is 21.1 Å². The molecular weight excluding hydrogens is 126 g/mol. The first-order valence-corrected chi connectivity index (χ1v) is 3.15. The molecule has 0 fully saturated rings. The standard InChI is InChI=1S/C4H6N2.C3H9N/c1-6-3-2-5-4-6;1-4(2)3/h2-4H,1H3;1-3H3. The summed E-state index contributed by atoms with van der Waals surface area (Å²) in [6.07, 6.45) is 5.39. The molecule has 1 aromatic heterocycles. The number of nitrogens with zero attached hydrogens (tertiary/aromatic N) is 3. The molecule has 0 radical (unpaired) electrons. The van der Waals surface area contributed by atoms with Gasteiger partial charge in [-0.3, -0.25) is 0 Å². The van der Waals surface area contributed by atoms with Crippen LogP contribution in [0.4, 0.5) is 0 Å². The second-order valence-electron chi connectivity index (χ2n) is 2.57. The second-order valence-corrected chi connectivity index (χ2v) is 2.57. The summed E-state index contributed by atoms with van der Waals surface area (Å²) in [5.74, 6) is 0. The van der Waals surface area contributed by atoms with Gasteiger partial charge in [0.15, 0.2) is 0 Å². The van der Waals surface area contributed by atoms with Gasteiger partial charge >= 0.3 is 0 Å². The molecule has 0 saturated heterocycles. The predicted octanol–water partition coefficient (Wildman–Crippen LogP) is 0.598. The Bertz CT molecular complexity index is 141. The minimum absolute atomic E-state index is 1.75. The third-order valence-electron chi connectivity index (χ3n) is 0.637. The van der Waals surface area contributed by atoms with Crippen LogP contribution in [0.3, 0.4) is 0 Å². The van der Waals surface area contributed by atoms with E-state index >= 15 is 0 Å². The van der Waals surface area contributed by atoms with Crippen LogP contribution in [-0.4, -0.2) is 35.6 Å². The molecule has 3 heteroatoms. The molecule has 0 N–H and O–H groups in total. The number of hydrogen-bond donors (Lipinski definition) is 0. The SMILES string of the molecule is CN(C)C.Cn1ccnc1. The maximum Gasteiger partial charge on any atom is 0.0943 e. The summed E-state index contributed by atoms with van der Waals surface area (Å²) in [7, 11) is 7.94. The van der Waals surface area contributed by atoms with Crippen LogP contribution in [0.2, 0.25) is 0 Å². The van der Waals surface area contributed by atoms with Crippen molar-refractivity contribution in [1.29, 1.82) is 0 Å². The fraction of sp³-hybridized carbons (Fsp3) is 0.571. The molecule has 0 aliphatic carbocycles. The Labute approximate surface area is 62.3 Å². The molecule has 1 heterocycles. The van der Waals surface area contributed by atoms with Crippen molar-refractivity contribution in [2.24, 2.45) is 7.05 Å². The molecule has 0 amide bonds. The van der Waals surface area contributed by atoms with Gasteiger partial charge in [-0.2, -0.15) is 0 Å². The molecule has 1 aromatic rings. The van der Waals surface area contributed by atoms with Gasteiger partial charge in [0.05, 0.1) is 6.33 Å². The smallest absolute Gasteiger partial charge is 0.0943 e. The van der Waals surface area contributed by atoms with E-state index < -0.39 is 0 Å². The van der Waals surface area contributed by atoms with Crippen LogP contribution in [-0.2, 0) is 7.05 Å². The van der Waals surface area contributed by atoms with Crippen molar-refractivity contribution in [1.82, 2.24) is 14.5 Å². The largest absolute Gasteiger partial charge is 0.341 e. The molecule has 0 bridgehead atoms. The van der Waals surface area contributed by atoms with E-state index in [4.69, 9.17) is 0 Å². The van der Waals surface area contributed by atoms with E-state index in [0.717, 1.165) is 0 Å². The molecule has 0 aromatic carbocycles. The Kier molecular flexibility index (Phi) is 4.58. The molecule has 0 aliphatic heterocycles. The molecule has 0 unspecified atom stereocenters. The van der Waals surface area contributed by atoms with E-state index in [1.54, 1.807) is 12.5 Å². The third kappa shape index (κ3) is 7.17. The minimum Gasteiger partial charge on any atom is -0.341 e. The summed E-state index contributed by atoms with van der Waals surface area (Å²) in [6.45, 7) is 0. The second kappa shape index (κ2) is 4.99. The lowest BCUT2D eigenvalue weighted by Gasteiger charge is -1.90. The maximum atomic E-state index is 3.78. The molecule has 3 nitrogen and oxygen atoms in total. The van der Waals surface area contributed by atoms with Crippen LogP contribution in [0.5, 0.6) is 0 Å². The molecule has 58 valence electrons. The van der Waals surface area contributed by atoms with Crippen LogP contribution in [0.1, 0.15) is 0 Å². The molecule has 0 saturated carbocycles. The van der Waals surface area contributed by atoms with Crippen LogP contribution in [0.25, 0.3) is 0 Å². The van der Waals surface area contributed by atoms with Crippen molar-refractivity contribution < 1.29 is 0 Å². The zero-order valence-corrected chi connectivity index (χ0v) is 7.07.